The molecule has 3 amide bonds. The first kappa shape index (κ1) is 26.1. The molecule has 0 fully saturated rings. The van der Waals surface area contributed by atoms with Crippen molar-refractivity contribution >= 4 is 23.4 Å². The van der Waals surface area contributed by atoms with Crippen LogP contribution < -0.4 is 20.9 Å². The van der Waals surface area contributed by atoms with Crippen molar-refractivity contribution in [3.05, 3.63) is 94.3 Å². The molecule has 0 radical (unpaired) electrons. The van der Waals surface area contributed by atoms with Crippen molar-refractivity contribution in [3.8, 4) is 17.2 Å². The average molecular weight is 519 g/mol. The van der Waals surface area contributed by atoms with Gasteiger partial charge in [-0.2, -0.15) is 0 Å². The third kappa shape index (κ3) is 5.41. The van der Waals surface area contributed by atoms with Crippen LogP contribution in [0.5, 0.6) is 11.5 Å². The van der Waals surface area contributed by atoms with Crippen LogP contribution in [-0.4, -0.2) is 44.8 Å². The van der Waals surface area contributed by atoms with E-state index in [9.17, 15) is 18.8 Å². The number of aromatic nitrogens is 3. The standard InChI is InChI=1S/C27H27FN6O4/c1-5-32(3)27(37)31-23-16-20(13-14-29-23)38-22-12-11-18(15-21(22)28)30-25(35)24-17(2)33(4)34(26(24)36)19-9-7-6-8-10-19/h6-16H,5H2,1-4H3,(H,30,35)(H,29,31,37). The molecule has 196 valence electrons. The van der Waals surface area contributed by atoms with E-state index in [1.54, 1.807) is 50.0 Å². The molecule has 0 saturated heterocycles. The first-order valence-corrected chi connectivity index (χ1v) is 11.8. The van der Waals surface area contributed by atoms with E-state index in [4.69, 9.17) is 4.74 Å². The Labute approximate surface area is 218 Å². The number of nitrogens with zero attached hydrogens (tertiary/aromatic N) is 4. The molecule has 4 rings (SSSR count). The second kappa shape index (κ2) is 11.0. The van der Waals surface area contributed by atoms with Gasteiger partial charge in [0.2, 0.25) is 0 Å². The molecule has 0 spiro atoms. The van der Waals surface area contributed by atoms with Crippen molar-refractivity contribution in [3.63, 3.8) is 0 Å². The number of benzene rings is 2. The topological polar surface area (TPSA) is 110 Å². The molecule has 0 aliphatic heterocycles. The van der Waals surface area contributed by atoms with E-state index < -0.39 is 17.3 Å². The van der Waals surface area contributed by atoms with E-state index in [0.29, 0.717) is 17.9 Å². The lowest BCUT2D eigenvalue weighted by atomic mass is 10.2. The van der Waals surface area contributed by atoms with Gasteiger partial charge in [0.05, 0.1) is 11.4 Å². The van der Waals surface area contributed by atoms with Gasteiger partial charge in [0.15, 0.2) is 11.6 Å². The van der Waals surface area contributed by atoms with Crippen molar-refractivity contribution in [1.29, 1.82) is 0 Å². The predicted octanol–water partition coefficient (Wildman–Crippen LogP) is 4.55. The summed E-state index contributed by atoms with van der Waals surface area (Å²) in [4.78, 5) is 43.7. The Kier molecular flexibility index (Phi) is 7.56. The molecule has 2 heterocycles. The number of pyridine rings is 1. The molecule has 2 aromatic heterocycles. The molecule has 4 aromatic rings. The van der Waals surface area contributed by atoms with E-state index in [1.807, 2.05) is 13.0 Å². The Bertz CT molecular complexity index is 1550. The fourth-order valence-corrected chi connectivity index (χ4v) is 3.70. The van der Waals surface area contributed by atoms with Crippen LogP contribution in [0, 0.1) is 12.7 Å². The van der Waals surface area contributed by atoms with Crippen molar-refractivity contribution in [2.24, 2.45) is 7.05 Å². The second-order valence-electron chi connectivity index (χ2n) is 8.46. The molecule has 38 heavy (non-hydrogen) atoms. The molecule has 0 saturated carbocycles. The van der Waals surface area contributed by atoms with E-state index in [1.165, 1.54) is 40.0 Å². The van der Waals surface area contributed by atoms with Gasteiger partial charge in [-0.05, 0) is 44.2 Å². The van der Waals surface area contributed by atoms with Gasteiger partial charge in [-0.25, -0.2) is 18.9 Å². The number of nitrogens with one attached hydrogen (secondary N) is 2. The summed E-state index contributed by atoms with van der Waals surface area (Å²) in [6, 6.07) is 15.5. The number of carbonyl (C=O) groups excluding carboxylic acids is 2. The van der Waals surface area contributed by atoms with Crippen molar-refractivity contribution in [1.82, 2.24) is 19.2 Å². The molecule has 0 bridgehead atoms. The van der Waals surface area contributed by atoms with Crippen LogP contribution in [0.25, 0.3) is 5.69 Å². The molecule has 11 heteroatoms. The minimum absolute atomic E-state index is 0.0443. The third-order valence-corrected chi connectivity index (χ3v) is 5.99. The second-order valence-corrected chi connectivity index (χ2v) is 8.46. The SMILES string of the molecule is CCN(C)C(=O)Nc1cc(Oc2ccc(NC(=O)c3c(C)n(C)n(-c4ccccc4)c3=O)cc2F)ccn1. The maximum absolute atomic E-state index is 14.9. The van der Waals surface area contributed by atoms with Crippen LogP contribution in [0.15, 0.2) is 71.7 Å². The molecule has 0 aliphatic carbocycles. The molecule has 10 nitrogen and oxygen atoms in total. The fraction of sp³-hybridized carbons (Fsp3) is 0.185. The summed E-state index contributed by atoms with van der Waals surface area (Å²) in [7, 11) is 3.33. The van der Waals surface area contributed by atoms with Crippen molar-refractivity contribution in [2.75, 3.05) is 24.2 Å². The Morgan fingerprint density at radius 1 is 1.08 bits per heavy atom. The normalized spacial score (nSPS) is 10.7. The Morgan fingerprint density at radius 3 is 2.50 bits per heavy atom. The van der Waals surface area contributed by atoms with E-state index >= 15 is 0 Å². The number of urea groups is 1. The number of hydrogen-bond donors (Lipinski definition) is 2. The fourth-order valence-electron chi connectivity index (χ4n) is 3.70. The average Bonchev–Trinajstić information content (AvgIpc) is 3.13. The minimum Gasteiger partial charge on any atom is -0.454 e. The van der Waals surface area contributed by atoms with Gasteiger partial charge in [-0.15, -0.1) is 0 Å². The number of rotatable bonds is 7. The number of anilines is 2. The van der Waals surface area contributed by atoms with Gasteiger partial charge >= 0.3 is 6.03 Å². The maximum atomic E-state index is 14.9. The number of amides is 3. The van der Waals surface area contributed by atoms with Crippen LogP contribution in [-0.2, 0) is 7.05 Å². The van der Waals surface area contributed by atoms with Gasteiger partial charge in [0.25, 0.3) is 11.5 Å². The van der Waals surface area contributed by atoms with Crippen LogP contribution in [0.1, 0.15) is 23.0 Å². The summed E-state index contributed by atoms with van der Waals surface area (Å²) in [5, 5.41) is 5.22. The van der Waals surface area contributed by atoms with Crippen LogP contribution in [0.4, 0.5) is 20.7 Å². The monoisotopic (exact) mass is 518 g/mol. The summed E-state index contributed by atoms with van der Waals surface area (Å²) in [5.74, 6) is -0.984. The molecule has 0 atom stereocenters. The summed E-state index contributed by atoms with van der Waals surface area (Å²) in [6.45, 7) is 4.02. The summed E-state index contributed by atoms with van der Waals surface area (Å²) in [6.07, 6.45) is 1.42. The zero-order chi connectivity index (χ0) is 27.4. The lowest BCUT2D eigenvalue weighted by Crippen LogP contribution is -2.31. The molecular formula is C27H27FN6O4. The van der Waals surface area contributed by atoms with Crippen molar-refractivity contribution in [2.45, 2.75) is 13.8 Å². The van der Waals surface area contributed by atoms with Gasteiger partial charge in [-0.1, -0.05) is 18.2 Å². The maximum Gasteiger partial charge on any atom is 0.322 e. The summed E-state index contributed by atoms with van der Waals surface area (Å²) >= 11 is 0. The summed E-state index contributed by atoms with van der Waals surface area (Å²) in [5.41, 5.74) is 0.699. The van der Waals surface area contributed by atoms with Crippen LogP contribution >= 0.6 is 0 Å². The van der Waals surface area contributed by atoms with E-state index in [-0.39, 0.29) is 34.6 Å². The highest BCUT2D eigenvalue weighted by Gasteiger charge is 2.22. The molecule has 2 N–H and O–H groups in total. The molecule has 0 aliphatic rings. The lowest BCUT2D eigenvalue weighted by molar-refractivity contribution is 0.102. The Hall–Kier alpha value is -4.93. The third-order valence-electron chi connectivity index (χ3n) is 5.99. The quantitative estimate of drug-likeness (QED) is 0.373. The number of para-hydroxylation sites is 1. The van der Waals surface area contributed by atoms with Crippen molar-refractivity contribution < 1.29 is 18.7 Å². The number of carbonyl (C=O) groups is 2. The van der Waals surface area contributed by atoms with Gasteiger partial charge in [0, 0.05) is 44.7 Å². The first-order chi connectivity index (χ1) is 18.2. The number of halogens is 1. The number of ether oxygens (including phenoxy) is 1. The highest BCUT2D eigenvalue weighted by Crippen LogP contribution is 2.28. The highest BCUT2D eigenvalue weighted by atomic mass is 19.1. The minimum atomic E-state index is -0.734. The lowest BCUT2D eigenvalue weighted by Gasteiger charge is -2.15. The smallest absolute Gasteiger partial charge is 0.322 e. The first-order valence-electron chi connectivity index (χ1n) is 11.8. The van der Waals surface area contributed by atoms with Gasteiger partial charge in [0.1, 0.15) is 17.1 Å². The molecular weight excluding hydrogens is 491 g/mol. The molecule has 0 unspecified atom stereocenters. The van der Waals surface area contributed by atoms with Gasteiger partial charge in [-0.3, -0.25) is 19.6 Å². The highest BCUT2D eigenvalue weighted by molar-refractivity contribution is 6.05. The van der Waals surface area contributed by atoms with Crippen LogP contribution in [0.2, 0.25) is 0 Å². The zero-order valence-corrected chi connectivity index (χ0v) is 21.4. The van der Waals surface area contributed by atoms with Gasteiger partial charge < -0.3 is 15.0 Å². The zero-order valence-electron chi connectivity index (χ0n) is 21.4. The largest absolute Gasteiger partial charge is 0.454 e. The number of hydrogen-bond acceptors (Lipinski definition) is 5. The molecule has 2 aromatic carbocycles. The Balaban J connectivity index is 1.50. The van der Waals surface area contributed by atoms with E-state index in [2.05, 4.69) is 15.6 Å². The van der Waals surface area contributed by atoms with E-state index in [0.717, 1.165) is 6.07 Å². The van der Waals surface area contributed by atoms with Crippen LogP contribution in [0.3, 0.4) is 0 Å². The predicted molar refractivity (Wildman–Crippen MR) is 142 cm³/mol. The Morgan fingerprint density at radius 2 is 1.82 bits per heavy atom. The summed E-state index contributed by atoms with van der Waals surface area (Å²) < 4.78 is 23.5.